The van der Waals surface area contributed by atoms with Crippen LogP contribution < -0.4 is 5.32 Å². The zero-order valence-electron chi connectivity index (χ0n) is 11.3. The standard InChI is InChI=1S/C14H27NO2/c1-11(2)14-9-13(5-8-17-14)15-10-12-3-6-16-7-4-12/h11-15H,3-10H2,1-2H3. The SMILES string of the molecule is CC(C)C1CC(NCC2CCOCC2)CCO1. The molecule has 2 rings (SSSR count). The molecule has 100 valence electrons. The van der Waals surface area contributed by atoms with E-state index in [1.54, 1.807) is 0 Å². The van der Waals surface area contributed by atoms with Crippen LogP contribution in [0.2, 0.25) is 0 Å². The van der Waals surface area contributed by atoms with Gasteiger partial charge in [0.2, 0.25) is 0 Å². The summed E-state index contributed by atoms with van der Waals surface area (Å²) in [4.78, 5) is 0. The molecule has 3 nitrogen and oxygen atoms in total. The van der Waals surface area contributed by atoms with Gasteiger partial charge in [-0.2, -0.15) is 0 Å². The van der Waals surface area contributed by atoms with E-state index in [-0.39, 0.29) is 0 Å². The summed E-state index contributed by atoms with van der Waals surface area (Å²) < 4.78 is 11.2. The molecule has 2 unspecified atom stereocenters. The normalized spacial score (nSPS) is 31.9. The third-order valence-electron chi connectivity index (χ3n) is 4.09. The van der Waals surface area contributed by atoms with Crippen molar-refractivity contribution < 1.29 is 9.47 Å². The number of nitrogens with one attached hydrogen (secondary N) is 1. The number of hydrogen-bond donors (Lipinski definition) is 1. The molecule has 0 bridgehead atoms. The van der Waals surface area contributed by atoms with Gasteiger partial charge in [0.15, 0.2) is 0 Å². The third-order valence-corrected chi connectivity index (χ3v) is 4.09. The first kappa shape index (κ1) is 13.3. The van der Waals surface area contributed by atoms with Gasteiger partial charge in [-0.05, 0) is 44.1 Å². The van der Waals surface area contributed by atoms with Gasteiger partial charge in [0.25, 0.3) is 0 Å². The second-order valence-electron chi connectivity index (χ2n) is 5.84. The molecule has 2 saturated heterocycles. The van der Waals surface area contributed by atoms with Crippen molar-refractivity contribution in [3.8, 4) is 0 Å². The lowest BCUT2D eigenvalue weighted by molar-refractivity contribution is -0.0256. The highest BCUT2D eigenvalue weighted by molar-refractivity contribution is 4.80. The fourth-order valence-corrected chi connectivity index (χ4v) is 2.76. The maximum atomic E-state index is 5.80. The minimum Gasteiger partial charge on any atom is -0.381 e. The minimum atomic E-state index is 0.455. The quantitative estimate of drug-likeness (QED) is 0.818. The van der Waals surface area contributed by atoms with Crippen LogP contribution in [0.4, 0.5) is 0 Å². The summed E-state index contributed by atoms with van der Waals surface area (Å²) in [6.45, 7) is 8.51. The van der Waals surface area contributed by atoms with Crippen molar-refractivity contribution in [2.75, 3.05) is 26.4 Å². The summed E-state index contributed by atoms with van der Waals surface area (Å²) in [6, 6.07) is 0.666. The third kappa shape index (κ3) is 4.23. The van der Waals surface area contributed by atoms with E-state index in [0.29, 0.717) is 18.1 Å². The van der Waals surface area contributed by atoms with Gasteiger partial charge in [0, 0.05) is 25.9 Å². The van der Waals surface area contributed by atoms with E-state index in [2.05, 4.69) is 19.2 Å². The molecular formula is C14H27NO2. The molecule has 2 atom stereocenters. The Kier molecular flexibility index (Phi) is 5.26. The fraction of sp³-hybridized carbons (Fsp3) is 1.00. The van der Waals surface area contributed by atoms with Gasteiger partial charge in [0.05, 0.1) is 6.10 Å². The number of ether oxygens (including phenoxy) is 2. The smallest absolute Gasteiger partial charge is 0.0612 e. The summed E-state index contributed by atoms with van der Waals surface area (Å²) >= 11 is 0. The van der Waals surface area contributed by atoms with Gasteiger partial charge in [-0.15, -0.1) is 0 Å². The highest BCUT2D eigenvalue weighted by Crippen LogP contribution is 2.21. The average Bonchev–Trinajstić information content (AvgIpc) is 2.38. The van der Waals surface area contributed by atoms with Gasteiger partial charge in [-0.25, -0.2) is 0 Å². The minimum absolute atomic E-state index is 0.455. The molecule has 0 aliphatic carbocycles. The van der Waals surface area contributed by atoms with Gasteiger partial charge < -0.3 is 14.8 Å². The molecular weight excluding hydrogens is 214 g/mol. The second kappa shape index (κ2) is 6.72. The molecule has 0 aromatic heterocycles. The van der Waals surface area contributed by atoms with Crippen LogP contribution in [-0.2, 0) is 9.47 Å². The van der Waals surface area contributed by atoms with Crippen molar-refractivity contribution in [2.24, 2.45) is 11.8 Å². The van der Waals surface area contributed by atoms with E-state index in [1.165, 1.54) is 32.2 Å². The molecule has 2 aliphatic heterocycles. The molecule has 2 fully saturated rings. The Morgan fingerprint density at radius 2 is 1.88 bits per heavy atom. The second-order valence-corrected chi connectivity index (χ2v) is 5.84. The van der Waals surface area contributed by atoms with E-state index in [0.717, 1.165) is 25.7 Å². The van der Waals surface area contributed by atoms with Gasteiger partial charge in [0.1, 0.15) is 0 Å². The molecule has 3 heteroatoms. The molecule has 1 N–H and O–H groups in total. The first-order chi connectivity index (χ1) is 8.25. The van der Waals surface area contributed by atoms with Crippen LogP contribution in [0.1, 0.15) is 39.5 Å². The fourth-order valence-electron chi connectivity index (χ4n) is 2.76. The molecule has 0 amide bonds. The lowest BCUT2D eigenvalue weighted by atomic mass is 9.94. The zero-order chi connectivity index (χ0) is 12.1. The molecule has 0 aromatic rings. The topological polar surface area (TPSA) is 30.5 Å². The van der Waals surface area contributed by atoms with Crippen molar-refractivity contribution in [1.82, 2.24) is 5.32 Å². The van der Waals surface area contributed by atoms with Crippen molar-refractivity contribution in [1.29, 1.82) is 0 Å². The summed E-state index contributed by atoms with van der Waals surface area (Å²) in [7, 11) is 0. The van der Waals surface area contributed by atoms with E-state index in [4.69, 9.17) is 9.47 Å². The van der Waals surface area contributed by atoms with Crippen LogP contribution >= 0.6 is 0 Å². The molecule has 0 radical (unpaired) electrons. The van der Waals surface area contributed by atoms with E-state index >= 15 is 0 Å². The van der Waals surface area contributed by atoms with Crippen molar-refractivity contribution in [3.05, 3.63) is 0 Å². The maximum absolute atomic E-state index is 5.80. The molecule has 2 heterocycles. The first-order valence-electron chi connectivity index (χ1n) is 7.18. The Balaban J connectivity index is 1.67. The van der Waals surface area contributed by atoms with E-state index < -0.39 is 0 Å². The molecule has 0 spiro atoms. The zero-order valence-corrected chi connectivity index (χ0v) is 11.3. The van der Waals surface area contributed by atoms with Crippen LogP contribution in [0, 0.1) is 11.8 Å². The van der Waals surface area contributed by atoms with Crippen LogP contribution in [0.5, 0.6) is 0 Å². The van der Waals surface area contributed by atoms with Crippen molar-refractivity contribution in [2.45, 2.75) is 51.7 Å². The Morgan fingerprint density at radius 1 is 1.12 bits per heavy atom. The van der Waals surface area contributed by atoms with Crippen LogP contribution in [0.15, 0.2) is 0 Å². The highest BCUT2D eigenvalue weighted by atomic mass is 16.5. The predicted octanol–water partition coefficient (Wildman–Crippen LogP) is 2.21. The Hall–Kier alpha value is -0.120. The Bertz CT molecular complexity index is 214. The lowest BCUT2D eigenvalue weighted by Crippen LogP contribution is -2.43. The monoisotopic (exact) mass is 241 g/mol. The van der Waals surface area contributed by atoms with Crippen LogP contribution in [0.3, 0.4) is 0 Å². The summed E-state index contributed by atoms with van der Waals surface area (Å²) in [6.07, 6.45) is 5.26. The van der Waals surface area contributed by atoms with Gasteiger partial charge >= 0.3 is 0 Å². The van der Waals surface area contributed by atoms with Gasteiger partial charge in [-0.1, -0.05) is 13.8 Å². The summed E-state index contributed by atoms with van der Waals surface area (Å²) in [5.74, 6) is 1.46. The summed E-state index contributed by atoms with van der Waals surface area (Å²) in [5.41, 5.74) is 0. The van der Waals surface area contributed by atoms with Crippen LogP contribution in [-0.4, -0.2) is 38.5 Å². The molecule has 17 heavy (non-hydrogen) atoms. The van der Waals surface area contributed by atoms with E-state index in [9.17, 15) is 0 Å². The molecule has 0 aromatic carbocycles. The average molecular weight is 241 g/mol. The number of hydrogen-bond acceptors (Lipinski definition) is 3. The lowest BCUT2D eigenvalue weighted by Gasteiger charge is -2.33. The molecule has 0 saturated carbocycles. The maximum Gasteiger partial charge on any atom is 0.0612 e. The van der Waals surface area contributed by atoms with E-state index in [1.807, 2.05) is 0 Å². The van der Waals surface area contributed by atoms with Crippen LogP contribution in [0.25, 0.3) is 0 Å². The molecule has 2 aliphatic rings. The number of rotatable bonds is 4. The Labute approximate surface area is 105 Å². The van der Waals surface area contributed by atoms with Gasteiger partial charge in [-0.3, -0.25) is 0 Å². The predicted molar refractivity (Wildman–Crippen MR) is 69.1 cm³/mol. The first-order valence-corrected chi connectivity index (χ1v) is 7.18. The van der Waals surface area contributed by atoms with Crippen molar-refractivity contribution in [3.63, 3.8) is 0 Å². The Morgan fingerprint density at radius 3 is 2.59 bits per heavy atom. The van der Waals surface area contributed by atoms with Crippen molar-refractivity contribution >= 4 is 0 Å². The summed E-state index contributed by atoms with van der Waals surface area (Å²) in [5, 5.41) is 3.74. The largest absolute Gasteiger partial charge is 0.381 e. The highest BCUT2D eigenvalue weighted by Gasteiger charge is 2.25.